The summed E-state index contributed by atoms with van der Waals surface area (Å²) in [6.07, 6.45) is 0. The van der Waals surface area contributed by atoms with Crippen molar-refractivity contribution in [1.29, 1.82) is 0 Å². The van der Waals surface area contributed by atoms with Gasteiger partial charge in [-0.3, -0.25) is 4.55 Å². The quantitative estimate of drug-likeness (QED) is 0.0497. The normalized spacial score (nSPS) is 11.7. The van der Waals surface area contributed by atoms with E-state index in [9.17, 15) is 22.9 Å². The number of anilines is 2. The summed E-state index contributed by atoms with van der Waals surface area (Å²) in [5.41, 5.74) is 16.2. The van der Waals surface area contributed by atoms with Gasteiger partial charge in [0.2, 0.25) is 0 Å². The number of nitrogen functional groups attached to an aromatic ring is 2. The predicted octanol–water partition coefficient (Wildman–Crippen LogP) is 6.38. The Morgan fingerprint density at radius 3 is 1.80 bits per heavy atom. The van der Waals surface area contributed by atoms with Crippen LogP contribution >= 0.6 is 11.6 Å². The van der Waals surface area contributed by atoms with Gasteiger partial charge in [0.1, 0.15) is 33.3 Å². The van der Waals surface area contributed by atoms with Gasteiger partial charge in [-0.15, -0.1) is 15.3 Å². The predicted molar refractivity (Wildman–Crippen MR) is 181 cm³/mol. The minimum absolute atomic E-state index is 0. The van der Waals surface area contributed by atoms with Crippen LogP contribution in [0.5, 0.6) is 5.75 Å². The van der Waals surface area contributed by atoms with Crippen LogP contribution in [0.1, 0.15) is 15.9 Å². The smallest absolute Gasteiger partial charge is 0.507 e. The Bertz CT molecular complexity index is 2250. The van der Waals surface area contributed by atoms with Crippen LogP contribution in [-0.4, -0.2) is 29.2 Å². The molecule has 17 heteroatoms. The second kappa shape index (κ2) is 15.5. The summed E-state index contributed by atoms with van der Waals surface area (Å²) in [5.74, 6) is -1.62. The zero-order valence-electron chi connectivity index (χ0n) is 25.9. The van der Waals surface area contributed by atoms with Crippen molar-refractivity contribution in [3.63, 3.8) is 0 Å². The number of carbonyl (C=O) groups is 1. The number of nitrogens with two attached hydrogens (primary N) is 2. The van der Waals surface area contributed by atoms with Crippen molar-refractivity contribution in [3.05, 3.63) is 107 Å². The Balaban J connectivity index is 0.00000541. The Morgan fingerprint density at radius 2 is 1.22 bits per heavy atom. The first-order chi connectivity index (χ1) is 22.8. The van der Waals surface area contributed by atoms with Crippen molar-refractivity contribution in [1.82, 2.24) is 0 Å². The molecule has 0 atom stereocenters. The van der Waals surface area contributed by atoms with Gasteiger partial charge in [0.25, 0.3) is 10.1 Å². The Hall–Kier alpha value is -5.03. The molecule has 0 aliphatic heterocycles. The molecule has 0 heterocycles. The molecule has 0 saturated carbocycles. The topological polar surface area (TPSA) is 238 Å². The summed E-state index contributed by atoms with van der Waals surface area (Å²) in [6, 6.07) is 23.6. The molecular weight excluding hydrogens is 683 g/mol. The maximum absolute atomic E-state index is 11.8. The zero-order chi connectivity index (χ0) is 34.6. The summed E-state index contributed by atoms with van der Waals surface area (Å²) < 4.78 is 33.1. The van der Waals surface area contributed by atoms with Crippen molar-refractivity contribution in [2.75, 3.05) is 11.5 Å². The first-order valence-electron chi connectivity index (χ1n) is 13.8. The fraction of sp³-hybridized carbons (Fsp3) is 0.0312. The molecule has 0 unspecified atom stereocenters. The monoisotopic (exact) mass is 707 g/mol. The standard InChI is InChI=1S/C32H25ClN8O6S.Na/c1-17-14-26(30(35)31(29(17)34)41-39-25-15-20(33)6-13-28(25)48(45,46)47)40-37-22-9-4-19(5-10-22)18-2-7-21(8-3-18)36-38-23-11-12-27(42)24(16-23)32(43)44;/h2-16,42H,34-35H2,1H3,(H,43,44)(H,45,46,47);/q;+1. The van der Waals surface area contributed by atoms with Gasteiger partial charge in [-0.2, -0.15) is 23.8 Å². The molecule has 14 nitrogen and oxygen atoms in total. The third kappa shape index (κ3) is 8.91. The van der Waals surface area contributed by atoms with E-state index < -0.39 is 21.0 Å². The molecule has 0 amide bonds. The number of hydrogen-bond acceptors (Lipinski definition) is 12. The fourth-order valence-corrected chi connectivity index (χ4v) is 5.09. The van der Waals surface area contributed by atoms with Gasteiger partial charge >= 0.3 is 35.5 Å². The van der Waals surface area contributed by atoms with Crippen molar-refractivity contribution in [2.45, 2.75) is 11.8 Å². The first-order valence-corrected chi connectivity index (χ1v) is 15.6. The van der Waals surface area contributed by atoms with Crippen LogP contribution in [0.25, 0.3) is 11.1 Å². The van der Waals surface area contributed by atoms with E-state index in [4.69, 9.17) is 28.2 Å². The van der Waals surface area contributed by atoms with E-state index in [-0.39, 0.29) is 80.0 Å². The van der Waals surface area contributed by atoms with Crippen molar-refractivity contribution < 1.29 is 57.5 Å². The number of aryl methyl sites for hydroxylation is 1. The number of benzene rings is 5. The molecule has 0 saturated heterocycles. The second-order valence-corrected chi connectivity index (χ2v) is 12.0. The number of carboxylic acids is 1. The molecule has 5 rings (SSSR count). The summed E-state index contributed by atoms with van der Waals surface area (Å²) in [5, 5.41) is 43.7. The van der Waals surface area contributed by atoms with Gasteiger partial charge in [-0.1, -0.05) is 35.9 Å². The van der Waals surface area contributed by atoms with Crippen LogP contribution in [0.2, 0.25) is 5.02 Å². The summed E-state index contributed by atoms with van der Waals surface area (Å²) >= 11 is 5.98. The zero-order valence-corrected chi connectivity index (χ0v) is 29.4. The summed E-state index contributed by atoms with van der Waals surface area (Å²) in [7, 11) is -4.61. The number of aromatic hydroxyl groups is 1. The first kappa shape index (κ1) is 36.8. The molecule has 49 heavy (non-hydrogen) atoms. The van der Waals surface area contributed by atoms with Crippen LogP contribution in [0, 0.1) is 6.92 Å². The average molecular weight is 708 g/mol. The summed E-state index contributed by atoms with van der Waals surface area (Å²) in [6.45, 7) is 1.71. The van der Waals surface area contributed by atoms with Crippen molar-refractivity contribution >= 4 is 73.2 Å². The molecule has 7 N–H and O–H groups in total. The largest absolute Gasteiger partial charge is 1.00 e. The molecule has 0 fully saturated rings. The van der Waals surface area contributed by atoms with Gasteiger partial charge in [0.15, 0.2) is 0 Å². The SMILES string of the molecule is Cc1cc(N=Nc2ccc(-c3ccc(N=Nc4ccc(O)c(C(=O)O)c4)cc3)cc2)c(N)c(N=Nc2cc(Cl)ccc2S(=O)(=O)O)c1N.[Na+]. The maximum Gasteiger partial charge on any atom is 1.00 e. The van der Waals surface area contributed by atoms with E-state index >= 15 is 0 Å². The number of hydrogen-bond donors (Lipinski definition) is 5. The number of nitrogens with zero attached hydrogens (tertiary/aromatic N) is 6. The van der Waals surface area contributed by atoms with Gasteiger partial charge in [-0.05, 0) is 90.3 Å². The molecule has 0 aliphatic rings. The fourth-order valence-electron chi connectivity index (χ4n) is 4.32. The molecule has 0 radical (unpaired) electrons. The molecule has 0 spiro atoms. The number of carboxylic acid groups (broad SMARTS) is 1. The van der Waals surface area contributed by atoms with E-state index in [1.807, 2.05) is 24.3 Å². The molecule has 5 aromatic carbocycles. The van der Waals surface area contributed by atoms with E-state index in [0.717, 1.165) is 17.2 Å². The van der Waals surface area contributed by atoms with Crippen LogP contribution in [0.4, 0.5) is 45.5 Å². The van der Waals surface area contributed by atoms with Crippen LogP contribution in [0.15, 0.2) is 127 Å². The average Bonchev–Trinajstić information content (AvgIpc) is 3.05. The van der Waals surface area contributed by atoms with E-state index in [0.29, 0.717) is 16.9 Å². The second-order valence-electron chi connectivity index (χ2n) is 10.2. The number of rotatable bonds is 9. The van der Waals surface area contributed by atoms with Gasteiger partial charge in [0.05, 0.1) is 28.4 Å². The molecule has 0 aliphatic carbocycles. The van der Waals surface area contributed by atoms with E-state index in [1.54, 1.807) is 37.3 Å². The molecule has 5 aromatic rings. The molecule has 242 valence electrons. The third-order valence-corrected chi connectivity index (χ3v) is 7.99. The maximum atomic E-state index is 11.8. The number of halogens is 1. The van der Waals surface area contributed by atoms with Gasteiger partial charge in [0, 0.05) is 5.02 Å². The third-order valence-electron chi connectivity index (χ3n) is 6.85. The van der Waals surface area contributed by atoms with Crippen molar-refractivity contribution in [2.24, 2.45) is 30.7 Å². The van der Waals surface area contributed by atoms with Gasteiger partial charge < -0.3 is 21.7 Å². The minimum atomic E-state index is -4.61. The van der Waals surface area contributed by atoms with Gasteiger partial charge in [-0.25, -0.2) is 4.79 Å². The number of aromatic carboxylic acids is 1. The number of phenols is 1. The number of azo groups is 3. The van der Waals surface area contributed by atoms with E-state index in [2.05, 4.69) is 30.7 Å². The summed E-state index contributed by atoms with van der Waals surface area (Å²) in [4.78, 5) is 10.7. The minimum Gasteiger partial charge on any atom is -0.507 e. The van der Waals surface area contributed by atoms with Crippen molar-refractivity contribution in [3.8, 4) is 16.9 Å². The molecular formula is C32H25ClN8NaO6S+. The molecule has 0 aromatic heterocycles. The molecule has 0 bridgehead atoms. The van der Waals surface area contributed by atoms with E-state index in [1.165, 1.54) is 30.3 Å². The Labute approximate surface area is 307 Å². The van der Waals surface area contributed by atoms with Crippen LogP contribution in [0.3, 0.4) is 0 Å². The Kier molecular flexibility index (Phi) is 11.6. The van der Waals surface area contributed by atoms with Crippen LogP contribution < -0.4 is 41.0 Å². The van der Waals surface area contributed by atoms with Crippen LogP contribution in [-0.2, 0) is 10.1 Å². The Morgan fingerprint density at radius 1 is 0.694 bits per heavy atom.